The van der Waals surface area contributed by atoms with Crippen molar-refractivity contribution in [2.24, 2.45) is 0 Å². The quantitative estimate of drug-likeness (QED) is 0.280. The zero-order chi connectivity index (χ0) is 12.4. The Kier molecular flexibility index (Phi) is 14.9. The van der Waals surface area contributed by atoms with Crippen LogP contribution in [0.15, 0.2) is 0 Å². The fourth-order valence-corrected chi connectivity index (χ4v) is 1.51. The van der Waals surface area contributed by atoms with Gasteiger partial charge in [0.05, 0.1) is 6.61 Å². The number of esters is 1. The van der Waals surface area contributed by atoms with Crippen molar-refractivity contribution >= 4 is 43.2 Å². The fourth-order valence-electron chi connectivity index (χ4n) is 1.26. The average Bonchev–Trinajstić information content (AvgIpc) is 2.26. The Hall–Kier alpha value is 0.370. The van der Waals surface area contributed by atoms with Gasteiger partial charge in [0.1, 0.15) is 0 Å². The Morgan fingerprint density at radius 3 is 2.18 bits per heavy atom. The molecule has 17 heavy (non-hydrogen) atoms. The van der Waals surface area contributed by atoms with E-state index >= 15 is 0 Å². The Morgan fingerprint density at radius 1 is 1.12 bits per heavy atom. The van der Waals surface area contributed by atoms with E-state index in [-0.39, 0.29) is 29.6 Å². The zero-order valence-corrected chi connectivity index (χ0v) is 11.0. The number of hydrogen-bond acceptors (Lipinski definition) is 4. The maximum atomic E-state index is 11.1. The topological polar surface area (TPSA) is 60.4 Å². The van der Waals surface area contributed by atoms with Crippen molar-refractivity contribution in [2.45, 2.75) is 58.0 Å². The molecule has 0 aromatic rings. The second-order valence-electron chi connectivity index (χ2n) is 3.90. The van der Waals surface area contributed by atoms with E-state index < -0.39 is 19.3 Å². The Labute approximate surface area is 126 Å². The summed E-state index contributed by atoms with van der Waals surface area (Å²) in [5.41, 5.74) is -1.02. The van der Waals surface area contributed by atoms with Crippen molar-refractivity contribution in [1.82, 2.24) is 0 Å². The van der Waals surface area contributed by atoms with E-state index in [0.29, 0.717) is 6.61 Å². The average molecular weight is 272 g/mol. The van der Waals surface area contributed by atoms with Crippen molar-refractivity contribution in [3.63, 3.8) is 0 Å². The van der Waals surface area contributed by atoms with Crippen LogP contribution in [-0.2, 0) is 18.7 Å². The van der Waals surface area contributed by atoms with Gasteiger partial charge >= 0.3 is 43.2 Å². The minimum atomic E-state index is -2.71. The summed E-state index contributed by atoms with van der Waals surface area (Å²) in [6.45, 7) is 3.83. The second kappa shape index (κ2) is 12.8. The van der Waals surface area contributed by atoms with Gasteiger partial charge in [0.15, 0.2) is 5.66 Å². The summed E-state index contributed by atoms with van der Waals surface area (Å²) in [5, 5.41) is 0. The molecule has 0 aromatic heterocycles. The van der Waals surface area contributed by atoms with Crippen LogP contribution >= 0.6 is 7.68 Å². The van der Waals surface area contributed by atoms with E-state index in [1.807, 2.05) is 0 Å². The van der Waals surface area contributed by atoms with Crippen LogP contribution in [0.2, 0.25) is 0 Å². The van der Waals surface area contributed by atoms with Crippen LogP contribution in [0.3, 0.4) is 0 Å². The van der Waals surface area contributed by atoms with E-state index in [0.717, 1.165) is 19.3 Å². The third-order valence-electron chi connectivity index (χ3n) is 2.40. The summed E-state index contributed by atoms with van der Waals surface area (Å²) in [5.74, 6) is -0.635. The first-order chi connectivity index (χ1) is 7.59. The van der Waals surface area contributed by atoms with Gasteiger partial charge < -0.3 is 4.74 Å². The first-order valence-corrected chi connectivity index (χ1v) is 7.14. The number of rotatable bonds is 9. The molecule has 1 unspecified atom stereocenters. The van der Waals surface area contributed by atoms with E-state index in [1.165, 1.54) is 26.2 Å². The molecule has 6 heteroatoms. The van der Waals surface area contributed by atoms with Crippen molar-refractivity contribution in [3.8, 4) is 0 Å². The predicted octanol–water partition coefficient (Wildman–Crippen LogP) is 2.80. The van der Waals surface area contributed by atoms with E-state index in [9.17, 15) is 13.9 Å². The predicted molar refractivity (Wildman–Crippen MR) is 69.2 cm³/mol. The molecule has 0 spiro atoms. The minimum absolute atomic E-state index is 0. The molecule has 0 aliphatic rings. The number of hydrogen-bond donors (Lipinski definition) is 0. The van der Waals surface area contributed by atoms with Crippen LogP contribution in [-0.4, -0.2) is 47.8 Å². The summed E-state index contributed by atoms with van der Waals surface area (Å²) in [6, 6.07) is 0. The molecule has 0 N–H and O–H groups in total. The summed E-state index contributed by atoms with van der Waals surface area (Å²) in [6.07, 6.45) is 6.67. The second-order valence-corrected chi connectivity index (χ2v) is 5.24. The number of ether oxygens (including phenoxy) is 1. The van der Waals surface area contributed by atoms with Gasteiger partial charge in [-0.25, -0.2) is 9.13 Å². The molecular weight excluding hydrogens is 250 g/mol. The van der Waals surface area contributed by atoms with Crippen molar-refractivity contribution in [1.29, 1.82) is 0 Å². The van der Waals surface area contributed by atoms with Crippen LogP contribution in [0.25, 0.3) is 0 Å². The molecule has 0 aromatic carbocycles. The molecular formula is C11H22NaO4P. The fraction of sp³-hybridized carbons (Fsp3) is 0.909. The number of carbonyl (C=O) groups excluding carboxylic acids is 1. The third-order valence-corrected chi connectivity index (χ3v) is 3.24. The van der Waals surface area contributed by atoms with E-state index in [1.54, 1.807) is 0 Å². The van der Waals surface area contributed by atoms with Crippen LogP contribution < -0.4 is 0 Å². The molecule has 0 aliphatic heterocycles. The molecule has 0 saturated carbocycles. The van der Waals surface area contributed by atoms with Gasteiger partial charge in [-0.1, -0.05) is 39.0 Å². The van der Waals surface area contributed by atoms with Crippen LogP contribution in [0.5, 0.6) is 0 Å². The first-order valence-electron chi connectivity index (χ1n) is 5.89. The molecule has 4 nitrogen and oxygen atoms in total. The molecule has 0 aliphatic carbocycles. The van der Waals surface area contributed by atoms with Crippen molar-refractivity contribution in [2.75, 3.05) is 6.61 Å². The van der Waals surface area contributed by atoms with Crippen LogP contribution in [0, 0.1) is 0 Å². The van der Waals surface area contributed by atoms with Gasteiger partial charge in [-0.15, -0.1) is 0 Å². The third kappa shape index (κ3) is 11.2. The van der Waals surface area contributed by atoms with Crippen molar-refractivity contribution < 1.29 is 18.7 Å². The molecule has 0 bridgehead atoms. The summed E-state index contributed by atoms with van der Waals surface area (Å²) in [4.78, 5) is 11.1. The van der Waals surface area contributed by atoms with E-state index in [4.69, 9.17) is 4.74 Å². The molecule has 0 amide bonds. The van der Waals surface area contributed by atoms with E-state index in [2.05, 4.69) is 6.92 Å². The zero-order valence-electron chi connectivity index (χ0n) is 10.1. The SMILES string of the molecule is CCCCCCCCOC(=O)C(C)P(=O)=O.[NaH]. The molecule has 0 saturated heterocycles. The van der Waals surface area contributed by atoms with Crippen LogP contribution in [0.4, 0.5) is 0 Å². The number of unbranched alkanes of at least 4 members (excludes halogenated alkanes) is 5. The molecule has 0 radical (unpaired) electrons. The van der Waals surface area contributed by atoms with Gasteiger partial charge in [0.25, 0.3) is 0 Å². The van der Waals surface area contributed by atoms with Gasteiger partial charge in [0.2, 0.25) is 0 Å². The molecule has 0 fully saturated rings. The molecule has 0 heterocycles. The summed E-state index contributed by atoms with van der Waals surface area (Å²) >= 11 is 0. The number of carbonyl (C=O) groups is 1. The summed E-state index contributed by atoms with van der Waals surface area (Å²) < 4.78 is 25.8. The van der Waals surface area contributed by atoms with Gasteiger partial charge in [-0.05, 0) is 13.3 Å². The Morgan fingerprint density at radius 2 is 1.65 bits per heavy atom. The normalized spacial score (nSPS) is 11.4. The van der Waals surface area contributed by atoms with Gasteiger partial charge in [-0.3, -0.25) is 4.79 Å². The monoisotopic (exact) mass is 272 g/mol. The Balaban J connectivity index is 0. The van der Waals surface area contributed by atoms with Crippen molar-refractivity contribution in [3.05, 3.63) is 0 Å². The molecule has 0 rings (SSSR count). The Bertz CT molecular complexity index is 258. The standard InChI is InChI=1S/C11H21O4P.Na.H/c1-3-4-5-6-7-8-9-15-11(12)10(2)16(13)14;;/h10H,3-9H2,1-2H3;;. The maximum absolute atomic E-state index is 11.1. The molecule has 96 valence electrons. The van der Waals surface area contributed by atoms with Crippen LogP contribution in [0.1, 0.15) is 52.4 Å². The van der Waals surface area contributed by atoms with Gasteiger partial charge in [0, 0.05) is 0 Å². The summed E-state index contributed by atoms with van der Waals surface area (Å²) in [7, 11) is -2.71. The first kappa shape index (κ1) is 19.7. The molecule has 1 atom stereocenters. The van der Waals surface area contributed by atoms with Gasteiger partial charge in [-0.2, -0.15) is 0 Å².